The van der Waals surface area contributed by atoms with Crippen LogP contribution in [-0.4, -0.2) is 9.97 Å². The molecule has 1 aromatic carbocycles. The molecule has 0 amide bonds. The molecule has 2 heteroatoms. The van der Waals surface area contributed by atoms with Crippen molar-refractivity contribution in [3.63, 3.8) is 0 Å². The van der Waals surface area contributed by atoms with Crippen LogP contribution >= 0.6 is 0 Å². The average Bonchev–Trinajstić information content (AvgIpc) is 3.01. The molecular weight excluding hydrogens is 172 g/mol. The van der Waals surface area contributed by atoms with Crippen LogP contribution in [0.1, 0.15) is 30.3 Å². The van der Waals surface area contributed by atoms with E-state index in [1.807, 2.05) is 12.1 Å². The molecule has 1 fully saturated rings. The lowest BCUT2D eigenvalue weighted by Crippen LogP contribution is -1.96. The zero-order valence-electron chi connectivity index (χ0n) is 8.20. The minimum Gasteiger partial charge on any atom is -0.237 e. The molecule has 14 heavy (non-hydrogen) atoms. The number of para-hydroxylation sites is 1. The van der Waals surface area contributed by atoms with Crippen molar-refractivity contribution < 1.29 is 0 Å². The third-order valence-corrected chi connectivity index (χ3v) is 2.75. The summed E-state index contributed by atoms with van der Waals surface area (Å²) >= 11 is 0. The second-order valence-corrected chi connectivity index (χ2v) is 3.96. The Labute approximate surface area is 83.0 Å². The Morgan fingerprint density at radius 1 is 1.14 bits per heavy atom. The maximum atomic E-state index is 4.59. The fraction of sp³-hybridized carbons (Fsp3) is 0.333. The molecule has 0 spiro atoms. The summed E-state index contributed by atoms with van der Waals surface area (Å²) in [5.41, 5.74) is 2.19. The predicted octanol–water partition coefficient (Wildman–Crippen LogP) is 2.82. The highest BCUT2D eigenvalue weighted by atomic mass is 14.9. The van der Waals surface area contributed by atoms with E-state index in [0.717, 1.165) is 17.0 Å². The van der Waals surface area contributed by atoms with E-state index in [1.54, 1.807) is 0 Å². The summed E-state index contributed by atoms with van der Waals surface area (Å²) in [6.07, 6.45) is 2.52. The van der Waals surface area contributed by atoms with Gasteiger partial charge < -0.3 is 0 Å². The van der Waals surface area contributed by atoms with Crippen LogP contribution in [-0.2, 0) is 0 Å². The largest absolute Gasteiger partial charge is 0.237 e. The number of hydrogen-bond acceptors (Lipinski definition) is 2. The summed E-state index contributed by atoms with van der Waals surface area (Å²) in [5.74, 6) is 1.68. The Morgan fingerprint density at radius 2 is 1.93 bits per heavy atom. The van der Waals surface area contributed by atoms with Crippen LogP contribution in [0.5, 0.6) is 0 Å². The van der Waals surface area contributed by atoms with Gasteiger partial charge in [0.25, 0.3) is 0 Å². The number of aryl methyl sites for hydroxylation is 1. The molecule has 1 saturated carbocycles. The molecule has 0 unspecified atom stereocenters. The van der Waals surface area contributed by atoms with E-state index in [1.165, 1.54) is 18.2 Å². The minimum absolute atomic E-state index is 0.637. The number of hydrogen-bond donors (Lipinski definition) is 0. The van der Waals surface area contributed by atoms with Crippen molar-refractivity contribution in [3.05, 3.63) is 35.8 Å². The summed E-state index contributed by atoms with van der Waals surface area (Å²) in [4.78, 5) is 9.14. The van der Waals surface area contributed by atoms with Crippen molar-refractivity contribution in [1.82, 2.24) is 9.97 Å². The van der Waals surface area contributed by atoms with Crippen molar-refractivity contribution in [2.45, 2.75) is 25.7 Å². The van der Waals surface area contributed by atoms with Gasteiger partial charge in [0.05, 0.1) is 5.52 Å². The first-order valence-electron chi connectivity index (χ1n) is 5.08. The zero-order chi connectivity index (χ0) is 9.54. The Bertz CT molecular complexity index is 487. The molecule has 0 bridgehead atoms. The summed E-state index contributed by atoms with van der Waals surface area (Å²) in [6, 6.07) is 8.22. The van der Waals surface area contributed by atoms with Gasteiger partial charge in [0.1, 0.15) is 5.82 Å². The lowest BCUT2D eigenvalue weighted by molar-refractivity contribution is 0.929. The van der Waals surface area contributed by atoms with Gasteiger partial charge in [0, 0.05) is 17.0 Å². The quantitative estimate of drug-likeness (QED) is 0.681. The van der Waals surface area contributed by atoms with Gasteiger partial charge in [-0.2, -0.15) is 0 Å². The third-order valence-electron chi connectivity index (χ3n) is 2.75. The molecule has 2 nitrogen and oxygen atoms in total. The van der Waals surface area contributed by atoms with E-state index in [0.29, 0.717) is 5.92 Å². The van der Waals surface area contributed by atoms with Gasteiger partial charge >= 0.3 is 0 Å². The van der Waals surface area contributed by atoms with Crippen LogP contribution in [0.4, 0.5) is 0 Å². The molecule has 0 aliphatic heterocycles. The lowest BCUT2D eigenvalue weighted by Gasteiger charge is -2.03. The molecule has 3 rings (SSSR count). The number of fused-ring (bicyclic) bond motifs is 1. The van der Waals surface area contributed by atoms with Crippen LogP contribution in [0.15, 0.2) is 24.3 Å². The maximum Gasteiger partial charge on any atom is 0.132 e. The number of rotatable bonds is 1. The summed E-state index contributed by atoms with van der Waals surface area (Å²) in [5, 5.41) is 1.18. The molecule has 1 aromatic heterocycles. The first-order chi connectivity index (χ1) is 6.84. The van der Waals surface area contributed by atoms with Gasteiger partial charge in [-0.3, -0.25) is 0 Å². The van der Waals surface area contributed by atoms with Crippen LogP contribution in [0.25, 0.3) is 10.9 Å². The van der Waals surface area contributed by atoms with E-state index in [4.69, 9.17) is 0 Å². The van der Waals surface area contributed by atoms with E-state index in [2.05, 4.69) is 29.0 Å². The summed E-state index contributed by atoms with van der Waals surface area (Å²) in [7, 11) is 0. The van der Waals surface area contributed by atoms with Crippen LogP contribution in [0, 0.1) is 6.92 Å². The van der Waals surface area contributed by atoms with Crippen LogP contribution in [0.2, 0.25) is 0 Å². The van der Waals surface area contributed by atoms with Crippen molar-refractivity contribution in [2.75, 3.05) is 0 Å². The van der Waals surface area contributed by atoms with E-state index in [9.17, 15) is 0 Å². The van der Waals surface area contributed by atoms with Gasteiger partial charge in [-0.15, -0.1) is 0 Å². The van der Waals surface area contributed by atoms with Crippen molar-refractivity contribution in [3.8, 4) is 0 Å². The van der Waals surface area contributed by atoms with Gasteiger partial charge in [-0.1, -0.05) is 18.2 Å². The Kier molecular flexibility index (Phi) is 1.57. The van der Waals surface area contributed by atoms with E-state index < -0.39 is 0 Å². The van der Waals surface area contributed by atoms with E-state index >= 15 is 0 Å². The number of benzene rings is 1. The standard InChI is InChI=1S/C12H12N2/c1-8-10-4-2-3-5-11(10)14-12(13-8)9-6-7-9/h2-5,9H,6-7H2,1H3. The average molecular weight is 184 g/mol. The molecular formula is C12H12N2. The Hall–Kier alpha value is -1.44. The molecule has 0 N–H and O–H groups in total. The first-order valence-corrected chi connectivity index (χ1v) is 5.08. The lowest BCUT2D eigenvalue weighted by atomic mass is 10.2. The van der Waals surface area contributed by atoms with Crippen molar-refractivity contribution in [1.29, 1.82) is 0 Å². The summed E-state index contributed by atoms with van der Waals surface area (Å²) in [6.45, 7) is 2.07. The highest BCUT2D eigenvalue weighted by molar-refractivity contribution is 5.80. The second kappa shape index (κ2) is 2.77. The minimum atomic E-state index is 0.637. The molecule has 70 valence electrons. The van der Waals surface area contributed by atoms with Gasteiger partial charge in [-0.25, -0.2) is 9.97 Å². The monoisotopic (exact) mass is 184 g/mol. The van der Waals surface area contributed by atoms with Crippen molar-refractivity contribution in [2.24, 2.45) is 0 Å². The highest BCUT2D eigenvalue weighted by Gasteiger charge is 2.26. The number of nitrogens with zero attached hydrogens (tertiary/aromatic N) is 2. The molecule has 0 saturated heterocycles. The Morgan fingerprint density at radius 3 is 2.71 bits per heavy atom. The van der Waals surface area contributed by atoms with Crippen LogP contribution in [0.3, 0.4) is 0 Å². The van der Waals surface area contributed by atoms with Gasteiger partial charge in [0.2, 0.25) is 0 Å². The van der Waals surface area contributed by atoms with E-state index in [-0.39, 0.29) is 0 Å². The SMILES string of the molecule is Cc1nc(C2CC2)nc2ccccc12. The first kappa shape index (κ1) is 7.92. The smallest absolute Gasteiger partial charge is 0.132 e. The van der Waals surface area contributed by atoms with Gasteiger partial charge in [-0.05, 0) is 25.8 Å². The third kappa shape index (κ3) is 1.18. The topological polar surface area (TPSA) is 25.8 Å². The van der Waals surface area contributed by atoms with Crippen LogP contribution < -0.4 is 0 Å². The molecule has 1 aliphatic carbocycles. The number of aromatic nitrogens is 2. The Balaban J connectivity index is 2.27. The highest BCUT2D eigenvalue weighted by Crippen LogP contribution is 2.38. The second-order valence-electron chi connectivity index (χ2n) is 3.96. The predicted molar refractivity (Wildman–Crippen MR) is 56.3 cm³/mol. The van der Waals surface area contributed by atoms with Crippen molar-refractivity contribution >= 4 is 10.9 Å². The summed E-state index contributed by atoms with van der Waals surface area (Å²) < 4.78 is 0. The molecule has 1 heterocycles. The van der Waals surface area contributed by atoms with Gasteiger partial charge in [0.15, 0.2) is 0 Å². The molecule has 1 aliphatic rings. The molecule has 2 aromatic rings. The molecule has 0 atom stereocenters. The fourth-order valence-electron chi connectivity index (χ4n) is 1.78. The molecule has 0 radical (unpaired) electrons. The zero-order valence-corrected chi connectivity index (χ0v) is 8.20. The fourth-order valence-corrected chi connectivity index (χ4v) is 1.78. The maximum absolute atomic E-state index is 4.59. The normalized spacial score (nSPS) is 16.1.